The number of hydrogen-bond donors (Lipinski definition) is 2. The number of rotatable bonds is 3. The van der Waals surface area contributed by atoms with E-state index in [-0.39, 0.29) is 5.56 Å². The summed E-state index contributed by atoms with van der Waals surface area (Å²) in [6.45, 7) is 6.13. The van der Waals surface area contributed by atoms with Crippen LogP contribution in [0.1, 0.15) is 37.4 Å². The van der Waals surface area contributed by atoms with Crippen molar-refractivity contribution in [3.63, 3.8) is 0 Å². The first-order valence-electron chi connectivity index (χ1n) is 10.3. The van der Waals surface area contributed by atoms with Gasteiger partial charge >= 0.3 is 0 Å². The Morgan fingerprint density at radius 2 is 1.83 bits per heavy atom. The normalized spacial score (nSPS) is 27.4. The van der Waals surface area contributed by atoms with Gasteiger partial charge in [0.2, 0.25) is 0 Å². The molecule has 7 nitrogen and oxygen atoms in total. The molecule has 2 fully saturated rings. The van der Waals surface area contributed by atoms with E-state index in [0.717, 1.165) is 16.9 Å². The highest BCUT2D eigenvalue weighted by atomic mass is 16.5. The van der Waals surface area contributed by atoms with Gasteiger partial charge in [-0.25, -0.2) is 4.68 Å². The lowest BCUT2D eigenvalue weighted by molar-refractivity contribution is -0.246. The zero-order valence-corrected chi connectivity index (χ0v) is 17.5. The smallest absolute Gasteiger partial charge is 0.276 e. The van der Waals surface area contributed by atoms with Crippen LogP contribution >= 0.6 is 0 Å². The third-order valence-corrected chi connectivity index (χ3v) is 6.84. The largest absolute Gasteiger partial charge is 0.387 e. The van der Waals surface area contributed by atoms with Gasteiger partial charge in [0.1, 0.15) is 6.10 Å². The van der Waals surface area contributed by atoms with Gasteiger partial charge in [0.15, 0.2) is 0 Å². The Hall–Kier alpha value is -1.93. The van der Waals surface area contributed by atoms with Crippen molar-refractivity contribution >= 4 is 0 Å². The zero-order chi connectivity index (χ0) is 20.8. The van der Waals surface area contributed by atoms with Crippen LogP contribution in [0.3, 0.4) is 0 Å². The van der Waals surface area contributed by atoms with Gasteiger partial charge < -0.3 is 14.9 Å². The van der Waals surface area contributed by atoms with Gasteiger partial charge in [0.05, 0.1) is 29.1 Å². The summed E-state index contributed by atoms with van der Waals surface area (Å²) in [6.07, 6.45) is 0.841. The highest BCUT2D eigenvalue weighted by molar-refractivity contribution is 5.33. The molecule has 1 aromatic heterocycles. The van der Waals surface area contributed by atoms with E-state index in [1.807, 2.05) is 49.0 Å². The monoisotopic (exact) mass is 401 g/mol. The predicted molar refractivity (Wildman–Crippen MR) is 110 cm³/mol. The summed E-state index contributed by atoms with van der Waals surface area (Å²) in [5.74, 6) is 0. The maximum atomic E-state index is 13.1. The number of ether oxygens (including phenoxy) is 1. The molecule has 0 unspecified atom stereocenters. The summed E-state index contributed by atoms with van der Waals surface area (Å²) >= 11 is 0. The summed E-state index contributed by atoms with van der Waals surface area (Å²) in [5.41, 5.74) is 0.815. The Morgan fingerprint density at radius 1 is 1.17 bits per heavy atom. The van der Waals surface area contributed by atoms with Gasteiger partial charge in [-0.1, -0.05) is 18.2 Å². The Bertz CT molecular complexity index is 924. The lowest BCUT2D eigenvalue weighted by atomic mass is 9.75. The number of benzene rings is 1. The minimum absolute atomic E-state index is 0.00775. The molecule has 2 atom stereocenters. The van der Waals surface area contributed by atoms with Gasteiger partial charge in [-0.3, -0.25) is 14.4 Å². The number of aliphatic hydroxyl groups is 2. The van der Waals surface area contributed by atoms with E-state index >= 15 is 0 Å². The Labute approximate surface area is 171 Å². The quantitative estimate of drug-likeness (QED) is 0.812. The molecule has 2 aliphatic rings. The van der Waals surface area contributed by atoms with E-state index in [9.17, 15) is 15.0 Å². The van der Waals surface area contributed by atoms with Crippen molar-refractivity contribution in [1.29, 1.82) is 0 Å². The first-order chi connectivity index (χ1) is 13.8. The van der Waals surface area contributed by atoms with E-state index in [0.29, 0.717) is 45.5 Å². The second kappa shape index (κ2) is 7.40. The average molecular weight is 402 g/mol. The fraction of sp³-hybridized carbons (Fsp3) is 0.591. The molecule has 7 heteroatoms. The lowest BCUT2D eigenvalue weighted by Crippen LogP contribution is -2.64. The van der Waals surface area contributed by atoms with Crippen LogP contribution in [-0.2, 0) is 18.3 Å². The highest BCUT2D eigenvalue weighted by Crippen LogP contribution is 2.40. The summed E-state index contributed by atoms with van der Waals surface area (Å²) < 4.78 is 9.59. The average Bonchev–Trinajstić information content (AvgIpc) is 2.91. The van der Waals surface area contributed by atoms with Crippen LogP contribution in [0.5, 0.6) is 0 Å². The number of likely N-dealkylation sites (tertiary alicyclic amines) is 1. The second-order valence-electron chi connectivity index (χ2n) is 8.74. The molecule has 1 spiro atoms. The molecule has 2 saturated heterocycles. The van der Waals surface area contributed by atoms with Crippen LogP contribution in [-0.4, -0.2) is 61.5 Å². The zero-order valence-electron chi connectivity index (χ0n) is 17.5. The van der Waals surface area contributed by atoms with Crippen molar-refractivity contribution in [2.24, 2.45) is 7.05 Å². The topological polar surface area (TPSA) is 79.9 Å². The summed E-state index contributed by atoms with van der Waals surface area (Å²) in [6, 6.07) is 9.66. The van der Waals surface area contributed by atoms with Crippen molar-refractivity contribution < 1.29 is 14.9 Å². The summed E-state index contributed by atoms with van der Waals surface area (Å²) in [5, 5.41) is 21.2. The molecule has 1 aromatic carbocycles. The first kappa shape index (κ1) is 20.3. The van der Waals surface area contributed by atoms with Gasteiger partial charge in [0.25, 0.3) is 5.56 Å². The molecule has 0 aliphatic carbocycles. The molecule has 0 saturated carbocycles. The van der Waals surface area contributed by atoms with Crippen LogP contribution in [0, 0.1) is 6.92 Å². The molecular formula is C22H31N3O4. The van der Waals surface area contributed by atoms with Gasteiger partial charge in [0, 0.05) is 38.8 Å². The second-order valence-corrected chi connectivity index (χ2v) is 8.74. The Balaban J connectivity index is 1.52. The van der Waals surface area contributed by atoms with Gasteiger partial charge in [-0.15, -0.1) is 0 Å². The molecular weight excluding hydrogens is 370 g/mol. The number of nitrogens with zero attached hydrogens (tertiary/aromatic N) is 3. The minimum Gasteiger partial charge on any atom is -0.387 e. The molecule has 0 radical (unpaired) electrons. The molecule has 4 rings (SSSR count). The lowest BCUT2D eigenvalue weighted by Gasteiger charge is -2.51. The number of hydrogen-bond acceptors (Lipinski definition) is 5. The minimum atomic E-state index is -1.11. The fourth-order valence-corrected chi connectivity index (χ4v) is 4.78. The highest BCUT2D eigenvalue weighted by Gasteiger charge is 2.52. The van der Waals surface area contributed by atoms with Crippen molar-refractivity contribution in [2.75, 3.05) is 19.7 Å². The Morgan fingerprint density at radius 3 is 2.48 bits per heavy atom. The third-order valence-electron chi connectivity index (χ3n) is 6.84. The standard InChI is InChI=1S/C22H31N3O4/c1-16-18(19(26)25(23(16)3)17-7-5-4-6-8-17)15-24-12-9-22(10-13-24)20(27)21(2,28)11-14-29-22/h4-8,20,27-28H,9-15H2,1-3H3/t20-,21+/m0/s1. The van der Waals surface area contributed by atoms with Crippen LogP contribution in [0.25, 0.3) is 5.69 Å². The molecule has 2 aromatic rings. The number of piperidine rings is 1. The number of para-hydroxylation sites is 1. The number of aromatic nitrogens is 2. The van der Waals surface area contributed by atoms with Gasteiger partial charge in [-0.2, -0.15) is 0 Å². The summed E-state index contributed by atoms with van der Waals surface area (Å²) in [7, 11) is 1.91. The van der Waals surface area contributed by atoms with Crippen molar-refractivity contribution in [3.8, 4) is 5.69 Å². The molecule has 29 heavy (non-hydrogen) atoms. The van der Waals surface area contributed by atoms with E-state index in [1.54, 1.807) is 11.6 Å². The SMILES string of the molecule is Cc1c(CN2CCC3(CC2)OCC[C@@](C)(O)[C@@H]3O)c(=O)n(-c2ccccc2)n1C. The van der Waals surface area contributed by atoms with E-state index in [2.05, 4.69) is 4.90 Å². The van der Waals surface area contributed by atoms with Crippen molar-refractivity contribution in [3.05, 3.63) is 51.9 Å². The van der Waals surface area contributed by atoms with Crippen LogP contribution in [0.4, 0.5) is 0 Å². The molecule has 2 aliphatic heterocycles. The molecule has 0 bridgehead atoms. The molecule has 3 heterocycles. The third kappa shape index (κ3) is 3.46. The first-order valence-corrected chi connectivity index (χ1v) is 10.3. The van der Waals surface area contributed by atoms with E-state index in [4.69, 9.17) is 4.74 Å². The fourth-order valence-electron chi connectivity index (χ4n) is 4.78. The van der Waals surface area contributed by atoms with Crippen LogP contribution in [0.2, 0.25) is 0 Å². The maximum Gasteiger partial charge on any atom is 0.276 e. The molecule has 2 N–H and O–H groups in total. The summed E-state index contributed by atoms with van der Waals surface area (Å²) in [4.78, 5) is 15.4. The van der Waals surface area contributed by atoms with Crippen molar-refractivity contribution in [2.45, 2.75) is 57.0 Å². The van der Waals surface area contributed by atoms with Crippen LogP contribution < -0.4 is 5.56 Å². The predicted octanol–water partition coefficient (Wildman–Crippen LogP) is 1.35. The van der Waals surface area contributed by atoms with E-state index < -0.39 is 17.3 Å². The van der Waals surface area contributed by atoms with Crippen molar-refractivity contribution in [1.82, 2.24) is 14.3 Å². The van der Waals surface area contributed by atoms with Gasteiger partial charge in [-0.05, 0) is 38.8 Å². The maximum absolute atomic E-state index is 13.1. The molecule has 158 valence electrons. The Kier molecular flexibility index (Phi) is 5.19. The molecule has 0 amide bonds. The van der Waals surface area contributed by atoms with Crippen LogP contribution in [0.15, 0.2) is 35.1 Å². The van der Waals surface area contributed by atoms with E-state index in [1.165, 1.54) is 0 Å². The number of aliphatic hydroxyl groups excluding tert-OH is 1.